The molecule has 0 unspecified atom stereocenters. The number of nitriles is 2. The van der Waals surface area contributed by atoms with Crippen LogP contribution in [-0.2, 0) is 10.0 Å². The standard InChI is InChI=1S/C21H26N4O3S/c1-19(2,3)29(27,28)25-17-5-4-15(13-22)12-16(17)18(26)24-21-9-6-20(14-23,7-10-21)8-11-21/h4-5,12,25H,6-11H2,1-3H3,(H,24,26). The maximum absolute atomic E-state index is 13.1. The Bertz CT molecular complexity index is 1000. The quantitative estimate of drug-likeness (QED) is 0.781. The molecule has 154 valence electrons. The monoisotopic (exact) mass is 414 g/mol. The first-order valence-electron chi connectivity index (χ1n) is 9.75. The van der Waals surface area contributed by atoms with Gasteiger partial charge in [0.05, 0.1) is 39.1 Å². The second-order valence-corrected chi connectivity index (χ2v) is 11.7. The lowest BCUT2D eigenvalue weighted by molar-refractivity contribution is 0.0522. The smallest absolute Gasteiger partial charge is 0.253 e. The van der Waals surface area contributed by atoms with E-state index in [1.165, 1.54) is 18.2 Å². The molecule has 29 heavy (non-hydrogen) atoms. The molecule has 3 saturated carbocycles. The molecule has 0 spiro atoms. The molecule has 0 aliphatic heterocycles. The first kappa shape index (κ1) is 21.1. The molecule has 1 amide bonds. The third-order valence-electron chi connectivity index (χ3n) is 6.31. The first-order valence-corrected chi connectivity index (χ1v) is 11.2. The number of carbonyl (C=O) groups excluding carboxylic acids is 1. The summed E-state index contributed by atoms with van der Waals surface area (Å²) < 4.78 is 26.6. The Labute approximate surface area is 172 Å². The van der Waals surface area contributed by atoms with Crippen LogP contribution in [0.25, 0.3) is 0 Å². The van der Waals surface area contributed by atoms with E-state index in [9.17, 15) is 23.7 Å². The molecule has 0 heterocycles. The van der Waals surface area contributed by atoms with Gasteiger partial charge in [0.25, 0.3) is 5.91 Å². The number of hydrogen-bond donors (Lipinski definition) is 2. The number of nitrogens with zero attached hydrogens (tertiary/aromatic N) is 2. The Morgan fingerprint density at radius 2 is 1.66 bits per heavy atom. The van der Waals surface area contributed by atoms with Gasteiger partial charge in [0.15, 0.2) is 0 Å². The third kappa shape index (κ3) is 3.95. The van der Waals surface area contributed by atoms with Gasteiger partial charge in [-0.3, -0.25) is 9.52 Å². The molecule has 1 aromatic rings. The summed E-state index contributed by atoms with van der Waals surface area (Å²) in [6.07, 6.45) is 4.45. The van der Waals surface area contributed by atoms with E-state index in [-0.39, 0.29) is 27.8 Å². The summed E-state index contributed by atoms with van der Waals surface area (Å²) in [4.78, 5) is 13.1. The highest BCUT2D eigenvalue weighted by molar-refractivity contribution is 7.94. The predicted octanol–water partition coefficient (Wildman–Crippen LogP) is 3.44. The van der Waals surface area contributed by atoms with Gasteiger partial charge in [-0.25, -0.2) is 8.42 Å². The molecule has 7 nitrogen and oxygen atoms in total. The second kappa shape index (κ2) is 7.03. The van der Waals surface area contributed by atoms with Crippen molar-refractivity contribution in [2.75, 3.05) is 4.72 Å². The largest absolute Gasteiger partial charge is 0.347 e. The Hall–Kier alpha value is -2.58. The Kier molecular flexibility index (Phi) is 5.13. The minimum atomic E-state index is -3.73. The van der Waals surface area contributed by atoms with Crippen LogP contribution in [0.4, 0.5) is 5.69 Å². The number of carbonyl (C=O) groups is 1. The summed E-state index contributed by atoms with van der Waals surface area (Å²) in [5.74, 6) is -0.403. The molecule has 4 rings (SSSR count). The highest BCUT2D eigenvalue weighted by Crippen LogP contribution is 2.52. The van der Waals surface area contributed by atoms with Crippen molar-refractivity contribution in [3.63, 3.8) is 0 Å². The normalized spacial score (nSPS) is 26.2. The Morgan fingerprint density at radius 1 is 1.07 bits per heavy atom. The van der Waals surface area contributed by atoms with E-state index in [0.29, 0.717) is 0 Å². The molecule has 3 fully saturated rings. The molecule has 3 aliphatic rings. The zero-order valence-electron chi connectivity index (χ0n) is 17.0. The van der Waals surface area contributed by atoms with E-state index in [0.717, 1.165) is 38.5 Å². The highest BCUT2D eigenvalue weighted by Gasteiger charge is 2.49. The molecule has 2 bridgehead atoms. The number of sulfonamides is 1. The van der Waals surface area contributed by atoms with Crippen LogP contribution >= 0.6 is 0 Å². The fourth-order valence-electron chi connectivity index (χ4n) is 4.04. The fraction of sp³-hybridized carbons (Fsp3) is 0.571. The summed E-state index contributed by atoms with van der Waals surface area (Å²) in [7, 11) is -3.73. The zero-order valence-corrected chi connectivity index (χ0v) is 17.8. The SMILES string of the molecule is CC(C)(C)S(=O)(=O)Nc1ccc(C#N)cc1C(=O)NC12CCC(C#N)(CC1)CC2. The molecule has 0 radical (unpaired) electrons. The summed E-state index contributed by atoms with van der Waals surface area (Å²) in [5.41, 5.74) is -0.0685. The van der Waals surface area contributed by atoms with Crippen LogP contribution in [0.5, 0.6) is 0 Å². The van der Waals surface area contributed by atoms with Gasteiger partial charge in [0.1, 0.15) is 0 Å². The summed E-state index contributed by atoms with van der Waals surface area (Å²) in [6.45, 7) is 4.72. The third-order valence-corrected chi connectivity index (χ3v) is 8.41. The number of hydrogen-bond acceptors (Lipinski definition) is 5. The van der Waals surface area contributed by atoms with Crippen LogP contribution in [0, 0.1) is 28.1 Å². The number of fused-ring (bicyclic) bond motifs is 3. The van der Waals surface area contributed by atoms with E-state index >= 15 is 0 Å². The fourth-order valence-corrected chi connectivity index (χ4v) is 4.81. The Balaban J connectivity index is 1.89. The van der Waals surface area contributed by atoms with Gasteiger partial charge >= 0.3 is 0 Å². The van der Waals surface area contributed by atoms with Crippen LogP contribution in [0.15, 0.2) is 18.2 Å². The lowest BCUT2D eigenvalue weighted by atomic mass is 9.58. The van der Waals surface area contributed by atoms with Crippen molar-refractivity contribution in [3.05, 3.63) is 29.3 Å². The van der Waals surface area contributed by atoms with Crippen LogP contribution in [0.3, 0.4) is 0 Å². The van der Waals surface area contributed by atoms with Crippen LogP contribution < -0.4 is 10.0 Å². The van der Waals surface area contributed by atoms with E-state index in [1.54, 1.807) is 20.8 Å². The van der Waals surface area contributed by atoms with Crippen molar-refractivity contribution >= 4 is 21.6 Å². The van der Waals surface area contributed by atoms with Crippen LogP contribution in [0.1, 0.15) is 75.2 Å². The van der Waals surface area contributed by atoms with Gasteiger partial charge in [-0.2, -0.15) is 10.5 Å². The average molecular weight is 415 g/mol. The molecule has 1 aromatic carbocycles. The number of nitrogens with one attached hydrogen (secondary N) is 2. The minimum absolute atomic E-state index is 0.133. The summed E-state index contributed by atoms with van der Waals surface area (Å²) >= 11 is 0. The van der Waals surface area contributed by atoms with Crippen molar-refractivity contribution in [1.82, 2.24) is 5.32 Å². The van der Waals surface area contributed by atoms with Crippen molar-refractivity contribution < 1.29 is 13.2 Å². The zero-order chi connectivity index (χ0) is 21.5. The first-order chi connectivity index (χ1) is 13.4. The van der Waals surface area contributed by atoms with E-state index < -0.39 is 20.7 Å². The highest BCUT2D eigenvalue weighted by atomic mass is 32.2. The van der Waals surface area contributed by atoms with Crippen molar-refractivity contribution in [2.24, 2.45) is 5.41 Å². The molecule has 0 aromatic heterocycles. The summed E-state index contributed by atoms with van der Waals surface area (Å²) in [6, 6.07) is 8.80. The topological polar surface area (TPSA) is 123 Å². The van der Waals surface area contributed by atoms with Crippen molar-refractivity contribution in [3.8, 4) is 12.1 Å². The summed E-state index contributed by atoms with van der Waals surface area (Å²) in [5, 5.41) is 21.8. The molecular weight excluding hydrogens is 388 g/mol. The maximum atomic E-state index is 13.1. The molecule has 0 saturated heterocycles. The van der Waals surface area contributed by atoms with Gasteiger partial charge in [-0.15, -0.1) is 0 Å². The van der Waals surface area contributed by atoms with Gasteiger partial charge in [0, 0.05) is 5.54 Å². The maximum Gasteiger partial charge on any atom is 0.253 e. The number of rotatable bonds is 4. The lowest BCUT2D eigenvalue weighted by Crippen LogP contribution is -2.56. The van der Waals surface area contributed by atoms with E-state index in [2.05, 4.69) is 16.1 Å². The number of benzene rings is 1. The molecule has 8 heteroatoms. The van der Waals surface area contributed by atoms with Crippen LogP contribution in [-0.4, -0.2) is 24.6 Å². The predicted molar refractivity (Wildman–Crippen MR) is 109 cm³/mol. The second-order valence-electron chi connectivity index (χ2n) is 9.22. The van der Waals surface area contributed by atoms with E-state index in [1.807, 2.05) is 6.07 Å². The molecule has 3 aliphatic carbocycles. The lowest BCUT2D eigenvalue weighted by Gasteiger charge is -2.50. The van der Waals surface area contributed by atoms with Crippen LogP contribution in [0.2, 0.25) is 0 Å². The van der Waals surface area contributed by atoms with Gasteiger partial charge in [-0.05, 0) is 77.5 Å². The van der Waals surface area contributed by atoms with E-state index in [4.69, 9.17) is 0 Å². The minimum Gasteiger partial charge on any atom is -0.347 e. The Morgan fingerprint density at radius 3 is 2.14 bits per heavy atom. The van der Waals surface area contributed by atoms with Crippen molar-refractivity contribution in [1.29, 1.82) is 10.5 Å². The number of anilines is 1. The van der Waals surface area contributed by atoms with Gasteiger partial charge in [-0.1, -0.05) is 0 Å². The number of amides is 1. The molecular formula is C21H26N4O3S. The van der Waals surface area contributed by atoms with Gasteiger partial charge < -0.3 is 5.32 Å². The van der Waals surface area contributed by atoms with Gasteiger partial charge in [0.2, 0.25) is 10.0 Å². The average Bonchev–Trinajstić information content (AvgIpc) is 2.68. The molecule has 2 N–H and O–H groups in total. The molecule has 0 atom stereocenters. The van der Waals surface area contributed by atoms with Crippen molar-refractivity contribution in [2.45, 2.75) is 69.6 Å².